The third-order valence-electron chi connectivity index (χ3n) is 3.00. The van der Waals surface area contributed by atoms with E-state index in [2.05, 4.69) is 15.6 Å². The number of hydrogen-bond donors (Lipinski definition) is 2. The van der Waals surface area contributed by atoms with Crippen molar-refractivity contribution < 1.29 is 19.1 Å². The van der Waals surface area contributed by atoms with Gasteiger partial charge < -0.3 is 14.8 Å². The van der Waals surface area contributed by atoms with Crippen molar-refractivity contribution >= 4 is 34.2 Å². The van der Waals surface area contributed by atoms with Gasteiger partial charge in [-0.2, -0.15) is 0 Å². The number of benzene rings is 1. The number of nitrogens with one attached hydrogen (secondary N) is 2. The summed E-state index contributed by atoms with van der Waals surface area (Å²) in [6.07, 6.45) is -0.438. The molecular weight excluding hydrogens is 342 g/mol. The van der Waals surface area contributed by atoms with E-state index in [1.165, 1.54) is 11.3 Å². The number of carbonyl (C=O) groups excluding carboxylic acids is 2. The molecule has 134 valence electrons. The van der Waals surface area contributed by atoms with Crippen molar-refractivity contribution in [1.29, 1.82) is 0 Å². The fourth-order valence-corrected chi connectivity index (χ4v) is 2.58. The van der Waals surface area contributed by atoms with Crippen molar-refractivity contribution in [2.75, 3.05) is 24.4 Å². The number of methoxy groups -OCH3 is 1. The first-order chi connectivity index (χ1) is 12.0. The number of anilines is 2. The van der Waals surface area contributed by atoms with Gasteiger partial charge in [0, 0.05) is 17.1 Å². The maximum absolute atomic E-state index is 12.1. The molecule has 0 atom stereocenters. The second kappa shape index (κ2) is 9.03. The van der Waals surface area contributed by atoms with Crippen molar-refractivity contribution in [3.63, 3.8) is 0 Å². The molecule has 0 saturated carbocycles. The first-order valence-corrected chi connectivity index (χ1v) is 8.66. The predicted octanol–water partition coefficient (Wildman–Crippen LogP) is 3.54. The van der Waals surface area contributed by atoms with Crippen LogP contribution in [-0.4, -0.2) is 30.7 Å². The van der Waals surface area contributed by atoms with Crippen LogP contribution in [0.25, 0.3) is 0 Å². The van der Waals surface area contributed by atoms with E-state index in [0.717, 1.165) is 0 Å². The zero-order valence-corrected chi connectivity index (χ0v) is 15.2. The minimum absolute atomic E-state index is 0.108. The number of ether oxygens (including phenoxy) is 2. The maximum Gasteiger partial charge on any atom is 0.413 e. The van der Waals surface area contributed by atoms with Gasteiger partial charge >= 0.3 is 6.09 Å². The number of carbonyl (C=O) groups is 2. The summed E-state index contributed by atoms with van der Waals surface area (Å²) in [7, 11) is 1.57. The van der Waals surface area contributed by atoms with E-state index >= 15 is 0 Å². The average Bonchev–Trinajstić information content (AvgIpc) is 2.99. The Morgan fingerprint density at radius 2 is 2.08 bits per heavy atom. The van der Waals surface area contributed by atoms with E-state index in [9.17, 15) is 9.59 Å². The topological polar surface area (TPSA) is 89.6 Å². The number of aromatic nitrogens is 1. The molecule has 0 saturated heterocycles. The molecule has 2 aromatic rings. The normalized spacial score (nSPS) is 10.4. The highest BCUT2D eigenvalue weighted by Crippen LogP contribution is 2.19. The summed E-state index contributed by atoms with van der Waals surface area (Å²) in [5.74, 6) is 0.725. The SMILES string of the molecule is COc1cccc(NC(=O)Cc2csc(NC(=O)OCC(C)C)n2)c1. The summed E-state index contributed by atoms with van der Waals surface area (Å²) in [6.45, 7) is 4.25. The van der Waals surface area contributed by atoms with Crippen LogP contribution in [0.15, 0.2) is 29.6 Å². The molecule has 2 N–H and O–H groups in total. The van der Waals surface area contributed by atoms with Crippen LogP contribution < -0.4 is 15.4 Å². The number of nitrogens with zero attached hydrogens (tertiary/aromatic N) is 1. The molecule has 0 radical (unpaired) electrons. The summed E-state index contributed by atoms with van der Waals surface area (Å²) >= 11 is 1.24. The highest BCUT2D eigenvalue weighted by Gasteiger charge is 2.11. The quantitative estimate of drug-likeness (QED) is 0.785. The van der Waals surface area contributed by atoms with Crippen LogP contribution in [0.3, 0.4) is 0 Å². The van der Waals surface area contributed by atoms with Crippen LogP contribution in [0.1, 0.15) is 19.5 Å². The molecule has 25 heavy (non-hydrogen) atoms. The first kappa shape index (κ1) is 18.7. The van der Waals surface area contributed by atoms with Crippen molar-refractivity contribution in [1.82, 2.24) is 4.98 Å². The van der Waals surface area contributed by atoms with Crippen molar-refractivity contribution in [3.05, 3.63) is 35.3 Å². The van der Waals surface area contributed by atoms with Crippen LogP contribution in [0.2, 0.25) is 0 Å². The van der Waals surface area contributed by atoms with Crippen LogP contribution in [0, 0.1) is 5.92 Å². The fraction of sp³-hybridized carbons (Fsp3) is 0.353. The summed E-state index contributed by atoms with van der Waals surface area (Å²) in [5, 5.41) is 7.46. The van der Waals surface area contributed by atoms with Crippen LogP contribution in [0.5, 0.6) is 5.75 Å². The van der Waals surface area contributed by atoms with Crippen molar-refractivity contribution in [2.24, 2.45) is 5.92 Å². The summed E-state index contributed by atoms with van der Waals surface area (Å²) in [5.41, 5.74) is 1.22. The fourth-order valence-electron chi connectivity index (χ4n) is 1.88. The van der Waals surface area contributed by atoms with Crippen LogP contribution in [-0.2, 0) is 16.0 Å². The Labute approximate surface area is 150 Å². The number of thiazole rings is 1. The molecule has 0 aliphatic carbocycles. The van der Waals surface area contributed by atoms with Gasteiger partial charge in [-0.25, -0.2) is 9.78 Å². The lowest BCUT2D eigenvalue weighted by Crippen LogP contribution is -2.17. The predicted molar refractivity (Wildman–Crippen MR) is 97.3 cm³/mol. The van der Waals surface area contributed by atoms with Crippen LogP contribution in [0.4, 0.5) is 15.6 Å². The van der Waals surface area contributed by atoms with Crippen LogP contribution >= 0.6 is 11.3 Å². The first-order valence-electron chi connectivity index (χ1n) is 7.78. The lowest BCUT2D eigenvalue weighted by Gasteiger charge is -2.07. The molecule has 7 nitrogen and oxygen atoms in total. The second-order valence-corrected chi connectivity index (χ2v) is 6.58. The molecule has 0 spiro atoms. The Kier molecular flexibility index (Phi) is 6.76. The van der Waals surface area contributed by atoms with E-state index < -0.39 is 6.09 Å². The highest BCUT2D eigenvalue weighted by atomic mass is 32.1. The van der Waals surface area contributed by atoms with E-state index in [-0.39, 0.29) is 18.2 Å². The summed E-state index contributed by atoms with van der Waals surface area (Å²) in [6, 6.07) is 7.10. The Morgan fingerprint density at radius 1 is 1.28 bits per heavy atom. The number of rotatable bonds is 7. The molecule has 1 heterocycles. The van der Waals surface area contributed by atoms with Gasteiger partial charge in [0.15, 0.2) is 5.13 Å². The third-order valence-corrected chi connectivity index (χ3v) is 3.81. The zero-order chi connectivity index (χ0) is 18.2. The molecule has 0 bridgehead atoms. The van der Waals surface area contributed by atoms with E-state index in [1.54, 1.807) is 36.8 Å². The molecule has 0 aliphatic heterocycles. The van der Waals surface area contributed by atoms with Gasteiger partial charge in [-0.1, -0.05) is 19.9 Å². The highest BCUT2D eigenvalue weighted by molar-refractivity contribution is 7.13. The van der Waals surface area contributed by atoms with Gasteiger partial charge in [-0.3, -0.25) is 10.1 Å². The molecular formula is C17H21N3O4S. The van der Waals surface area contributed by atoms with Gasteiger partial charge in [0.25, 0.3) is 0 Å². The monoisotopic (exact) mass is 363 g/mol. The Bertz CT molecular complexity index is 730. The van der Waals surface area contributed by atoms with Gasteiger partial charge in [-0.15, -0.1) is 11.3 Å². The lowest BCUT2D eigenvalue weighted by molar-refractivity contribution is -0.115. The number of amides is 2. The Hall–Kier alpha value is -2.61. The molecule has 2 rings (SSSR count). The van der Waals surface area contributed by atoms with E-state index in [1.807, 2.05) is 13.8 Å². The van der Waals surface area contributed by atoms with Crippen molar-refractivity contribution in [2.45, 2.75) is 20.3 Å². The summed E-state index contributed by atoms with van der Waals surface area (Å²) in [4.78, 5) is 27.9. The molecule has 8 heteroatoms. The molecule has 2 amide bonds. The standard InChI is InChI=1S/C17H21N3O4S/c1-11(2)9-24-17(22)20-16-19-13(10-25-16)8-15(21)18-12-5-4-6-14(7-12)23-3/h4-7,10-11H,8-9H2,1-3H3,(H,18,21)(H,19,20,22). The smallest absolute Gasteiger partial charge is 0.413 e. The van der Waals surface area contributed by atoms with Gasteiger partial charge in [-0.05, 0) is 18.1 Å². The second-order valence-electron chi connectivity index (χ2n) is 5.72. The molecule has 1 aromatic heterocycles. The Balaban J connectivity index is 1.85. The largest absolute Gasteiger partial charge is 0.497 e. The van der Waals surface area contributed by atoms with Crippen molar-refractivity contribution in [3.8, 4) is 5.75 Å². The zero-order valence-electron chi connectivity index (χ0n) is 14.4. The lowest BCUT2D eigenvalue weighted by atomic mass is 10.2. The van der Waals surface area contributed by atoms with E-state index in [4.69, 9.17) is 9.47 Å². The Morgan fingerprint density at radius 3 is 2.80 bits per heavy atom. The minimum atomic E-state index is -0.546. The number of hydrogen-bond acceptors (Lipinski definition) is 6. The van der Waals surface area contributed by atoms with Gasteiger partial charge in [0.2, 0.25) is 5.91 Å². The maximum atomic E-state index is 12.1. The molecule has 0 aliphatic rings. The van der Waals surface area contributed by atoms with E-state index in [0.29, 0.717) is 28.9 Å². The van der Waals surface area contributed by atoms with Gasteiger partial charge in [0.1, 0.15) is 5.75 Å². The third kappa shape index (κ3) is 6.42. The molecule has 0 fully saturated rings. The average molecular weight is 363 g/mol. The molecule has 1 aromatic carbocycles. The van der Waals surface area contributed by atoms with Gasteiger partial charge in [0.05, 0.1) is 25.8 Å². The minimum Gasteiger partial charge on any atom is -0.497 e. The summed E-state index contributed by atoms with van der Waals surface area (Å²) < 4.78 is 10.1. The molecule has 0 unspecified atom stereocenters.